The minimum atomic E-state index is 0.649. The summed E-state index contributed by atoms with van der Waals surface area (Å²) in [5.74, 6) is 0. The Morgan fingerprint density at radius 2 is 2.12 bits per heavy atom. The summed E-state index contributed by atoms with van der Waals surface area (Å²) in [6, 6.07) is 2.78. The van der Waals surface area contributed by atoms with Crippen molar-refractivity contribution >= 4 is 0 Å². The molecular weight excluding hydrogens is 210 g/mol. The average Bonchev–Trinajstić information content (AvgIpc) is 2.60. The molecule has 0 fully saturated rings. The fraction of sp³-hybridized carbons (Fsp3) is 0.786. The van der Waals surface area contributed by atoms with Gasteiger partial charge in [0.05, 0.1) is 5.69 Å². The molecule has 1 N–H and O–H groups in total. The van der Waals surface area contributed by atoms with Gasteiger partial charge in [0.25, 0.3) is 0 Å². The van der Waals surface area contributed by atoms with Gasteiger partial charge in [-0.25, -0.2) is 0 Å². The maximum absolute atomic E-state index is 4.47. The molecule has 0 aliphatic rings. The van der Waals surface area contributed by atoms with Crippen LogP contribution in [-0.4, -0.2) is 22.4 Å². The van der Waals surface area contributed by atoms with Crippen LogP contribution in [0.1, 0.15) is 50.9 Å². The number of rotatable bonds is 8. The van der Waals surface area contributed by atoms with Gasteiger partial charge in [0.1, 0.15) is 0 Å². The minimum absolute atomic E-state index is 0.649. The van der Waals surface area contributed by atoms with Gasteiger partial charge in [-0.05, 0) is 46.2 Å². The molecule has 0 saturated heterocycles. The highest BCUT2D eigenvalue weighted by Gasteiger charge is 2.02. The normalized spacial score (nSPS) is 12.9. The smallest absolute Gasteiger partial charge is 0.0596 e. The third-order valence-electron chi connectivity index (χ3n) is 3.13. The van der Waals surface area contributed by atoms with Crippen LogP contribution >= 0.6 is 0 Å². The van der Waals surface area contributed by atoms with Crippen molar-refractivity contribution < 1.29 is 0 Å². The van der Waals surface area contributed by atoms with Crippen molar-refractivity contribution in [2.45, 2.75) is 66.0 Å². The van der Waals surface area contributed by atoms with Crippen molar-refractivity contribution in [1.29, 1.82) is 0 Å². The van der Waals surface area contributed by atoms with Crippen LogP contribution in [-0.2, 0) is 6.54 Å². The van der Waals surface area contributed by atoms with E-state index >= 15 is 0 Å². The highest BCUT2D eigenvalue weighted by molar-refractivity contribution is 5.06. The molecule has 1 unspecified atom stereocenters. The molecule has 3 heteroatoms. The van der Waals surface area contributed by atoms with Crippen molar-refractivity contribution in [3.05, 3.63) is 17.5 Å². The largest absolute Gasteiger partial charge is 0.314 e. The Balaban J connectivity index is 2.14. The molecule has 0 spiro atoms. The number of hydrogen-bond acceptors (Lipinski definition) is 2. The zero-order valence-corrected chi connectivity index (χ0v) is 11.8. The third kappa shape index (κ3) is 5.35. The summed E-state index contributed by atoms with van der Waals surface area (Å²) in [5, 5.41) is 8.04. The Morgan fingerprint density at radius 1 is 1.35 bits per heavy atom. The Hall–Kier alpha value is -0.830. The number of hydrogen-bond donors (Lipinski definition) is 1. The van der Waals surface area contributed by atoms with Crippen LogP contribution < -0.4 is 5.32 Å². The highest BCUT2D eigenvalue weighted by atomic mass is 15.3. The van der Waals surface area contributed by atoms with E-state index in [1.807, 2.05) is 0 Å². The van der Waals surface area contributed by atoms with Crippen LogP contribution in [0.5, 0.6) is 0 Å². The standard InChI is InChI=1S/C14H27N3/c1-5-6-8-12(2)15-9-7-10-17-14(4)11-13(3)16-17/h11-12,15H,5-10H2,1-4H3. The summed E-state index contributed by atoms with van der Waals surface area (Å²) in [7, 11) is 0. The summed E-state index contributed by atoms with van der Waals surface area (Å²) < 4.78 is 2.10. The van der Waals surface area contributed by atoms with E-state index < -0.39 is 0 Å². The van der Waals surface area contributed by atoms with Crippen LogP contribution in [0.15, 0.2) is 6.07 Å². The molecule has 1 atom stereocenters. The van der Waals surface area contributed by atoms with E-state index in [4.69, 9.17) is 0 Å². The second kappa shape index (κ2) is 7.49. The predicted octanol–water partition coefficient (Wildman–Crippen LogP) is 3.06. The molecular formula is C14H27N3. The first-order chi connectivity index (χ1) is 8.13. The SMILES string of the molecule is CCCCC(C)NCCCn1nc(C)cc1C. The van der Waals surface area contributed by atoms with Gasteiger partial charge in [-0.3, -0.25) is 4.68 Å². The monoisotopic (exact) mass is 237 g/mol. The summed E-state index contributed by atoms with van der Waals surface area (Å²) in [6.07, 6.45) is 5.05. The quantitative estimate of drug-likeness (QED) is 0.704. The molecule has 0 radical (unpaired) electrons. The lowest BCUT2D eigenvalue weighted by Crippen LogP contribution is -2.27. The molecule has 1 aromatic rings. The van der Waals surface area contributed by atoms with Crippen LogP contribution in [0.4, 0.5) is 0 Å². The lowest BCUT2D eigenvalue weighted by Gasteiger charge is -2.13. The molecule has 0 saturated carbocycles. The summed E-state index contributed by atoms with van der Waals surface area (Å²) >= 11 is 0. The Labute approximate surface area is 106 Å². The van der Waals surface area contributed by atoms with E-state index in [1.54, 1.807) is 0 Å². The molecule has 0 amide bonds. The zero-order valence-electron chi connectivity index (χ0n) is 11.8. The van der Waals surface area contributed by atoms with E-state index in [-0.39, 0.29) is 0 Å². The van der Waals surface area contributed by atoms with Gasteiger partial charge in [-0.1, -0.05) is 19.8 Å². The van der Waals surface area contributed by atoms with Gasteiger partial charge in [-0.2, -0.15) is 5.10 Å². The van der Waals surface area contributed by atoms with Crippen molar-refractivity contribution in [3.63, 3.8) is 0 Å². The maximum atomic E-state index is 4.47. The molecule has 1 rings (SSSR count). The zero-order chi connectivity index (χ0) is 12.7. The minimum Gasteiger partial charge on any atom is -0.314 e. The first-order valence-corrected chi connectivity index (χ1v) is 6.88. The Morgan fingerprint density at radius 3 is 2.71 bits per heavy atom. The number of aromatic nitrogens is 2. The van der Waals surface area contributed by atoms with Gasteiger partial charge in [0, 0.05) is 18.3 Å². The fourth-order valence-corrected chi connectivity index (χ4v) is 2.09. The Bertz CT molecular complexity index is 317. The highest BCUT2D eigenvalue weighted by Crippen LogP contribution is 2.03. The van der Waals surface area contributed by atoms with E-state index in [9.17, 15) is 0 Å². The first kappa shape index (κ1) is 14.2. The van der Waals surface area contributed by atoms with Crippen molar-refractivity contribution in [2.24, 2.45) is 0 Å². The van der Waals surface area contributed by atoms with Gasteiger partial charge in [-0.15, -0.1) is 0 Å². The van der Waals surface area contributed by atoms with Crippen molar-refractivity contribution in [3.8, 4) is 0 Å². The van der Waals surface area contributed by atoms with Crippen molar-refractivity contribution in [2.75, 3.05) is 6.54 Å². The number of aryl methyl sites for hydroxylation is 3. The van der Waals surface area contributed by atoms with Crippen molar-refractivity contribution in [1.82, 2.24) is 15.1 Å². The molecule has 1 aromatic heterocycles. The van der Waals surface area contributed by atoms with E-state index in [1.165, 1.54) is 25.0 Å². The Kier molecular flexibility index (Phi) is 6.27. The number of nitrogens with one attached hydrogen (secondary N) is 1. The molecule has 0 bridgehead atoms. The number of unbranched alkanes of at least 4 members (excludes halogenated alkanes) is 1. The maximum Gasteiger partial charge on any atom is 0.0596 e. The van der Waals surface area contributed by atoms with Gasteiger partial charge >= 0.3 is 0 Å². The second-order valence-corrected chi connectivity index (χ2v) is 5.00. The predicted molar refractivity (Wildman–Crippen MR) is 73.3 cm³/mol. The van der Waals surface area contributed by atoms with E-state index in [2.05, 4.69) is 48.9 Å². The van der Waals surface area contributed by atoms with Gasteiger partial charge < -0.3 is 5.32 Å². The van der Waals surface area contributed by atoms with Crippen LogP contribution in [0.25, 0.3) is 0 Å². The lowest BCUT2D eigenvalue weighted by molar-refractivity contribution is 0.464. The number of nitrogens with zero attached hydrogens (tertiary/aromatic N) is 2. The average molecular weight is 237 g/mol. The summed E-state index contributed by atoms with van der Waals surface area (Å²) in [5.41, 5.74) is 2.38. The van der Waals surface area contributed by atoms with Crippen LogP contribution in [0, 0.1) is 13.8 Å². The van der Waals surface area contributed by atoms with Gasteiger partial charge in [0.15, 0.2) is 0 Å². The first-order valence-electron chi connectivity index (χ1n) is 6.88. The molecule has 1 heterocycles. The lowest BCUT2D eigenvalue weighted by atomic mass is 10.1. The van der Waals surface area contributed by atoms with E-state index in [0.29, 0.717) is 6.04 Å². The summed E-state index contributed by atoms with van der Waals surface area (Å²) in [6.45, 7) is 10.8. The molecule has 0 aliphatic carbocycles. The van der Waals surface area contributed by atoms with E-state index in [0.717, 1.165) is 25.2 Å². The third-order valence-corrected chi connectivity index (χ3v) is 3.13. The molecule has 3 nitrogen and oxygen atoms in total. The fourth-order valence-electron chi connectivity index (χ4n) is 2.09. The van der Waals surface area contributed by atoms with Crippen LogP contribution in [0.3, 0.4) is 0 Å². The molecule has 0 aromatic carbocycles. The molecule has 98 valence electrons. The molecule has 0 aliphatic heterocycles. The van der Waals surface area contributed by atoms with Gasteiger partial charge in [0.2, 0.25) is 0 Å². The topological polar surface area (TPSA) is 29.9 Å². The second-order valence-electron chi connectivity index (χ2n) is 5.00. The summed E-state index contributed by atoms with van der Waals surface area (Å²) in [4.78, 5) is 0. The van der Waals surface area contributed by atoms with Crippen LogP contribution in [0.2, 0.25) is 0 Å². The molecule has 17 heavy (non-hydrogen) atoms.